The van der Waals surface area contributed by atoms with E-state index in [1.807, 2.05) is 0 Å². The Morgan fingerprint density at radius 1 is 1.29 bits per heavy atom. The first-order chi connectivity index (χ1) is 14.5. The molecule has 3 heterocycles. The number of H-pyrrole nitrogens is 2. The summed E-state index contributed by atoms with van der Waals surface area (Å²) >= 11 is 0. The average molecular weight is 454 g/mol. The topological polar surface area (TPSA) is 170 Å². The molecule has 0 aromatic carbocycles. The highest BCUT2D eigenvalue weighted by Crippen LogP contribution is 2.35. The number of aryl methyl sites for hydroxylation is 1. The molecule has 1 fully saturated rings. The van der Waals surface area contributed by atoms with E-state index in [1.165, 1.54) is 0 Å². The number of aromatic nitrogens is 4. The van der Waals surface area contributed by atoms with Crippen LogP contribution in [-0.4, -0.2) is 58.4 Å². The van der Waals surface area contributed by atoms with Gasteiger partial charge in [0.05, 0.1) is 42.0 Å². The van der Waals surface area contributed by atoms with Crippen LogP contribution >= 0.6 is 0 Å². The minimum atomic E-state index is -3.13. The fraction of sp³-hybridized carbons (Fsp3) is 0.579. The van der Waals surface area contributed by atoms with Crippen LogP contribution in [0.25, 0.3) is 0 Å². The highest BCUT2D eigenvalue weighted by atomic mass is 32.2. The summed E-state index contributed by atoms with van der Waals surface area (Å²) in [6.07, 6.45) is 0.0977. The van der Waals surface area contributed by atoms with Crippen LogP contribution in [0, 0.1) is 13.8 Å². The van der Waals surface area contributed by atoms with Crippen LogP contribution in [0.4, 0.5) is 0 Å². The van der Waals surface area contributed by atoms with Crippen LogP contribution in [-0.2, 0) is 30.6 Å². The van der Waals surface area contributed by atoms with Gasteiger partial charge in [0.15, 0.2) is 9.84 Å². The second kappa shape index (κ2) is 8.69. The lowest BCUT2D eigenvalue weighted by Gasteiger charge is -2.17. The number of esters is 1. The van der Waals surface area contributed by atoms with Gasteiger partial charge in [-0.25, -0.2) is 8.42 Å². The number of carbonyl (C=O) groups is 2. The first-order valence-corrected chi connectivity index (χ1v) is 11.9. The van der Waals surface area contributed by atoms with Crippen LogP contribution < -0.4 is 11.3 Å². The first-order valence-electron chi connectivity index (χ1n) is 10.0. The van der Waals surface area contributed by atoms with Crippen LogP contribution in [0.15, 0.2) is 4.79 Å². The van der Waals surface area contributed by atoms with Gasteiger partial charge in [0.25, 0.3) is 5.56 Å². The monoisotopic (exact) mass is 453 g/mol. The number of nitrogens with zero attached hydrogens (tertiary/aromatic N) is 2. The molecule has 0 spiro atoms. The summed E-state index contributed by atoms with van der Waals surface area (Å²) in [7, 11) is -3.13. The molecule has 31 heavy (non-hydrogen) atoms. The van der Waals surface area contributed by atoms with E-state index in [1.54, 1.807) is 25.5 Å². The standard InChI is InChI=1S/C19H27N5O6S/c1-4-30-16(26)8-14-18(19(27)22-21-14)13(7-15(20)25)17-10(2)23-24(11(17)3)12-5-6-31(28,29)9-12/h12-13H,4-9H2,1-3H3,(H2,20,25)(H2,21,22,27)/t12-,13-/m1/s1. The molecule has 4 N–H and O–H groups in total. The largest absolute Gasteiger partial charge is 0.466 e. The fourth-order valence-corrected chi connectivity index (χ4v) is 6.01. The molecule has 1 aliphatic heterocycles. The van der Waals surface area contributed by atoms with Crippen molar-refractivity contribution in [2.45, 2.75) is 52.0 Å². The molecule has 11 nitrogen and oxygen atoms in total. The molecule has 0 unspecified atom stereocenters. The zero-order valence-electron chi connectivity index (χ0n) is 17.7. The summed E-state index contributed by atoms with van der Waals surface area (Å²) < 4.78 is 30.5. The summed E-state index contributed by atoms with van der Waals surface area (Å²) in [6.45, 7) is 5.39. The number of hydrogen-bond donors (Lipinski definition) is 3. The average Bonchev–Trinajstić information content (AvgIpc) is 3.29. The predicted octanol–water partition coefficient (Wildman–Crippen LogP) is -0.0112. The molecule has 2 atom stereocenters. The Hall–Kier alpha value is -2.89. The van der Waals surface area contributed by atoms with E-state index in [4.69, 9.17) is 10.5 Å². The summed E-state index contributed by atoms with van der Waals surface area (Å²) in [5.74, 6) is -1.80. The third kappa shape index (κ3) is 4.73. The molecule has 0 bridgehead atoms. The van der Waals surface area contributed by atoms with E-state index in [0.29, 0.717) is 29.1 Å². The van der Waals surface area contributed by atoms with Crippen molar-refractivity contribution < 1.29 is 22.7 Å². The minimum Gasteiger partial charge on any atom is -0.466 e. The van der Waals surface area contributed by atoms with Crippen molar-refractivity contribution in [2.24, 2.45) is 5.73 Å². The van der Waals surface area contributed by atoms with Crippen molar-refractivity contribution in [1.82, 2.24) is 20.0 Å². The number of sulfone groups is 1. The highest BCUT2D eigenvalue weighted by molar-refractivity contribution is 7.91. The number of nitrogens with two attached hydrogens (primary N) is 1. The number of carbonyl (C=O) groups excluding carboxylic acids is 2. The molecule has 170 valence electrons. The van der Waals surface area contributed by atoms with E-state index in [0.717, 1.165) is 0 Å². The number of amides is 1. The van der Waals surface area contributed by atoms with E-state index < -0.39 is 33.2 Å². The summed E-state index contributed by atoms with van der Waals surface area (Å²) in [6, 6.07) is -0.310. The van der Waals surface area contributed by atoms with E-state index in [-0.39, 0.29) is 42.6 Å². The van der Waals surface area contributed by atoms with Crippen molar-refractivity contribution in [3.63, 3.8) is 0 Å². The smallest absolute Gasteiger partial charge is 0.311 e. The molecule has 3 rings (SSSR count). The van der Waals surface area contributed by atoms with Gasteiger partial charge < -0.3 is 15.6 Å². The van der Waals surface area contributed by atoms with Gasteiger partial charge in [0, 0.05) is 29.2 Å². The zero-order chi connectivity index (χ0) is 22.9. The Kier molecular flexibility index (Phi) is 6.39. The van der Waals surface area contributed by atoms with Gasteiger partial charge in [0.2, 0.25) is 5.91 Å². The fourth-order valence-electron chi connectivity index (χ4n) is 4.32. The number of ether oxygens (including phenoxy) is 1. The maximum Gasteiger partial charge on any atom is 0.311 e. The lowest BCUT2D eigenvalue weighted by Crippen LogP contribution is -2.23. The first kappa shape index (κ1) is 22.8. The Labute approximate surface area is 179 Å². The number of aromatic amines is 2. The van der Waals surface area contributed by atoms with E-state index in [9.17, 15) is 22.8 Å². The summed E-state index contributed by atoms with van der Waals surface area (Å²) in [4.78, 5) is 36.6. The second-order valence-electron chi connectivity index (χ2n) is 7.76. The molecule has 2 aromatic heterocycles. The SMILES string of the molecule is CCOC(=O)Cc1[nH][nH]c(=O)c1[C@H](CC(N)=O)c1c(C)nn([C@@H]2CCS(=O)(=O)C2)c1C. The molecular formula is C19H27N5O6S. The van der Waals surface area contributed by atoms with Crippen LogP contribution in [0.1, 0.15) is 59.9 Å². The Morgan fingerprint density at radius 3 is 2.58 bits per heavy atom. The number of rotatable bonds is 8. The lowest BCUT2D eigenvalue weighted by molar-refractivity contribution is -0.142. The van der Waals surface area contributed by atoms with Crippen molar-refractivity contribution in [2.75, 3.05) is 18.1 Å². The Morgan fingerprint density at radius 2 is 2.00 bits per heavy atom. The van der Waals surface area contributed by atoms with Crippen LogP contribution in [0.5, 0.6) is 0 Å². The van der Waals surface area contributed by atoms with Crippen molar-refractivity contribution >= 4 is 21.7 Å². The van der Waals surface area contributed by atoms with Gasteiger partial charge in [-0.15, -0.1) is 0 Å². The van der Waals surface area contributed by atoms with E-state index in [2.05, 4.69) is 15.3 Å². The van der Waals surface area contributed by atoms with E-state index >= 15 is 0 Å². The molecule has 1 amide bonds. The maximum atomic E-state index is 12.6. The van der Waals surface area contributed by atoms with Crippen molar-refractivity contribution in [3.8, 4) is 0 Å². The molecule has 0 aliphatic carbocycles. The molecule has 12 heteroatoms. The Bertz CT molecular complexity index is 1160. The molecule has 2 aromatic rings. The maximum absolute atomic E-state index is 12.6. The van der Waals surface area contributed by atoms with Gasteiger partial charge >= 0.3 is 5.97 Å². The van der Waals surface area contributed by atoms with Crippen LogP contribution in [0.3, 0.4) is 0 Å². The summed E-state index contributed by atoms with van der Waals surface area (Å²) in [5.41, 5.74) is 7.40. The molecule has 1 aliphatic rings. The van der Waals surface area contributed by atoms with Crippen LogP contribution in [0.2, 0.25) is 0 Å². The third-order valence-corrected chi connectivity index (χ3v) is 7.31. The zero-order valence-corrected chi connectivity index (χ0v) is 18.5. The normalized spacial score (nSPS) is 18.7. The van der Waals surface area contributed by atoms with Gasteiger partial charge in [-0.05, 0) is 27.2 Å². The molecule has 0 saturated carbocycles. The molecule has 1 saturated heterocycles. The van der Waals surface area contributed by atoms with Crippen molar-refractivity contribution in [1.29, 1.82) is 0 Å². The van der Waals surface area contributed by atoms with Gasteiger partial charge in [-0.3, -0.25) is 24.2 Å². The predicted molar refractivity (Wildman–Crippen MR) is 111 cm³/mol. The number of hydrogen-bond acceptors (Lipinski definition) is 7. The third-order valence-electron chi connectivity index (χ3n) is 5.56. The Balaban J connectivity index is 2.08. The van der Waals surface area contributed by atoms with Gasteiger partial charge in [-0.2, -0.15) is 5.10 Å². The molecule has 0 radical (unpaired) electrons. The molecular weight excluding hydrogens is 426 g/mol. The second-order valence-corrected chi connectivity index (χ2v) is 9.99. The van der Waals surface area contributed by atoms with Gasteiger partial charge in [0.1, 0.15) is 0 Å². The highest BCUT2D eigenvalue weighted by Gasteiger charge is 2.35. The lowest BCUT2D eigenvalue weighted by atomic mass is 9.86. The number of nitrogens with one attached hydrogen (secondary N) is 2. The minimum absolute atomic E-state index is 0.00622. The quantitative estimate of drug-likeness (QED) is 0.472. The summed E-state index contributed by atoms with van der Waals surface area (Å²) in [5, 5.41) is 9.71. The number of primary amides is 1. The van der Waals surface area contributed by atoms with Gasteiger partial charge in [-0.1, -0.05) is 0 Å². The van der Waals surface area contributed by atoms with Crippen molar-refractivity contribution in [3.05, 3.63) is 38.6 Å².